The van der Waals surface area contributed by atoms with Gasteiger partial charge in [-0.3, -0.25) is 9.59 Å². The van der Waals surface area contributed by atoms with Crippen LogP contribution in [0.2, 0.25) is 0 Å². The van der Waals surface area contributed by atoms with Crippen LogP contribution in [-0.2, 0) is 13.6 Å². The molecule has 1 N–H and O–H groups in total. The number of pyridine rings is 1. The number of hydrogen-bond donors (Lipinski definition) is 1. The molecule has 0 unspecified atom stereocenters. The molecule has 0 radical (unpaired) electrons. The second-order valence-electron chi connectivity index (χ2n) is 4.19. The third-order valence-electron chi connectivity index (χ3n) is 2.90. The third-order valence-corrected chi connectivity index (χ3v) is 2.90. The predicted octanol–water partition coefficient (Wildman–Crippen LogP) is 1.59. The van der Waals surface area contributed by atoms with E-state index in [-0.39, 0.29) is 23.4 Å². The van der Waals surface area contributed by atoms with Crippen LogP contribution in [0.25, 0.3) is 0 Å². The number of nitrogens with one attached hydrogen (secondary N) is 1. The number of nitrogens with zero attached hydrogens (tertiary/aromatic N) is 1. The molecule has 1 aromatic carbocycles. The molecule has 6 heteroatoms. The number of carbonyl (C=O) groups excluding carboxylic acids is 1. The van der Waals surface area contributed by atoms with Crippen LogP contribution in [0.5, 0.6) is 0 Å². The van der Waals surface area contributed by atoms with Crippen molar-refractivity contribution in [2.24, 2.45) is 7.05 Å². The Kier molecular flexibility index (Phi) is 3.93. The van der Waals surface area contributed by atoms with Crippen LogP contribution in [0.4, 0.5) is 8.78 Å². The molecular weight excluding hydrogens is 266 g/mol. The van der Waals surface area contributed by atoms with Gasteiger partial charge >= 0.3 is 0 Å². The molecule has 2 aromatic rings. The average molecular weight is 278 g/mol. The number of benzene rings is 1. The van der Waals surface area contributed by atoms with Gasteiger partial charge in [0.2, 0.25) is 0 Å². The van der Waals surface area contributed by atoms with E-state index in [0.29, 0.717) is 0 Å². The fourth-order valence-corrected chi connectivity index (χ4v) is 1.75. The van der Waals surface area contributed by atoms with E-state index in [9.17, 15) is 18.4 Å². The van der Waals surface area contributed by atoms with Crippen molar-refractivity contribution in [2.75, 3.05) is 0 Å². The Morgan fingerprint density at radius 1 is 1.15 bits per heavy atom. The van der Waals surface area contributed by atoms with E-state index in [1.165, 1.54) is 31.3 Å². The van der Waals surface area contributed by atoms with Gasteiger partial charge in [-0.25, -0.2) is 8.78 Å². The van der Waals surface area contributed by atoms with E-state index >= 15 is 0 Å². The molecule has 2 rings (SSSR count). The summed E-state index contributed by atoms with van der Waals surface area (Å²) in [6.07, 6.45) is 0. The van der Waals surface area contributed by atoms with E-state index in [2.05, 4.69) is 5.32 Å². The molecule has 104 valence electrons. The summed E-state index contributed by atoms with van der Waals surface area (Å²) >= 11 is 0. The summed E-state index contributed by atoms with van der Waals surface area (Å²) in [7, 11) is 1.45. The summed E-state index contributed by atoms with van der Waals surface area (Å²) in [4.78, 5) is 23.3. The highest BCUT2D eigenvalue weighted by Crippen LogP contribution is 2.11. The number of aromatic nitrogens is 1. The van der Waals surface area contributed by atoms with Gasteiger partial charge in [-0.15, -0.1) is 0 Å². The zero-order valence-corrected chi connectivity index (χ0v) is 10.7. The Morgan fingerprint density at radius 2 is 1.75 bits per heavy atom. The van der Waals surface area contributed by atoms with Gasteiger partial charge in [0.15, 0.2) is 0 Å². The molecule has 0 saturated carbocycles. The summed E-state index contributed by atoms with van der Waals surface area (Å²) in [5.41, 5.74) is -0.439. The number of hydrogen-bond acceptors (Lipinski definition) is 2. The fourth-order valence-electron chi connectivity index (χ4n) is 1.75. The molecule has 0 aliphatic rings. The largest absolute Gasteiger partial charge is 0.346 e. The standard InChI is InChI=1S/C14H12F2N2O2/c1-18-12(6-3-7-13(18)19)14(20)17-8-9-10(15)4-2-5-11(9)16/h2-7H,8H2,1H3,(H,17,20). The van der Waals surface area contributed by atoms with Gasteiger partial charge in [0.1, 0.15) is 17.3 Å². The lowest BCUT2D eigenvalue weighted by Crippen LogP contribution is -2.30. The van der Waals surface area contributed by atoms with Gasteiger partial charge in [-0.05, 0) is 18.2 Å². The lowest BCUT2D eigenvalue weighted by Gasteiger charge is -2.09. The predicted molar refractivity (Wildman–Crippen MR) is 69.2 cm³/mol. The Morgan fingerprint density at radius 3 is 2.40 bits per heavy atom. The molecule has 0 bridgehead atoms. The van der Waals surface area contributed by atoms with Crippen molar-refractivity contribution < 1.29 is 13.6 Å². The van der Waals surface area contributed by atoms with Crippen molar-refractivity contribution >= 4 is 5.91 Å². The minimum atomic E-state index is -0.729. The molecule has 20 heavy (non-hydrogen) atoms. The summed E-state index contributed by atoms with van der Waals surface area (Å²) < 4.78 is 28.0. The first-order valence-corrected chi connectivity index (χ1v) is 5.88. The van der Waals surface area contributed by atoms with Crippen LogP contribution >= 0.6 is 0 Å². The molecule has 1 amide bonds. The quantitative estimate of drug-likeness (QED) is 0.927. The molecule has 1 heterocycles. The maximum Gasteiger partial charge on any atom is 0.268 e. The van der Waals surface area contributed by atoms with E-state index < -0.39 is 17.5 Å². The van der Waals surface area contributed by atoms with E-state index in [1.807, 2.05) is 0 Å². The second kappa shape index (κ2) is 5.64. The SMILES string of the molecule is Cn1c(C(=O)NCc2c(F)cccc2F)cccc1=O. The molecule has 0 saturated heterocycles. The maximum atomic E-state index is 13.4. The van der Waals surface area contributed by atoms with Crippen LogP contribution in [0, 0.1) is 11.6 Å². The fraction of sp³-hybridized carbons (Fsp3) is 0.143. The lowest BCUT2D eigenvalue weighted by molar-refractivity contribution is 0.0941. The van der Waals surface area contributed by atoms with Crippen LogP contribution < -0.4 is 10.9 Å². The minimum Gasteiger partial charge on any atom is -0.346 e. The summed E-state index contributed by atoms with van der Waals surface area (Å²) in [5, 5.41) is 2.39. The van der Waals surface area contributed by atoms with Crippen LogP contribution in [-0.4, -0.2) is 10.5 Å². The Labute approximate surface area is 113 Å². The molecule has 0 aliphatic heterocycles. The van der Waals surface area contributed by atoms with Crippen molar-refractivity contribution in [1.82, 2.24) is 9.88 Å². The molecule has 1 aromatic heterocycles. The number of carbonyl (C=O) groups is 1. The van der Waals surface area contributed by atoms with Crippen molar-refractivity contribution in [2.45, 2.75) is 6.54 Å². The molecule has 0 spiro atoms. The van der Waals surface area contributed by atoms with Crippen LogP contribution in [0.1, 0.15) is 16.1 Å². The van der Waals surface area contributed by atoms with E-state index in [1.54, 1.807) is 0 Å². The molecular formula is C14H12F2N2O2. The number of halogens is 2. The summed E-state index contributed by atoms with van der Waals surface area (Å²) in [5.74, 6) is -2.03. The zero-order chi connectivity index (χ0) is 14.7. The molecule has 0 aliphatic carbocycles. The Hall–Kier alpha value is -2.50. The molecule has 0 atom stereocenters. The first-order chi connectivity index (χ1) is 9.50. The first-order valence-electron chi connectivity index (χ1n) is 5.88. The molecule has 0 fully saturated rings. The normalized spacial score (nSPS) is 10.3. The number of amides is 1. The van der Waals surface area contributed by atoms with Crippen molar-refractivity contribution in [3.8, 4) is 0 Å². The van der Waals surface area contributed by atoms with Gasteiger partial charge in [0.05, 0.1) is 0 Å². The number of rotatable bonds is 3. The van der Waals surface area contributed by atoms with E-state index in [4.69, 9.17) is 0 Å². The van der Waals surface area contributed by atoms with Crippen molar-refractivity contribution in [1.29, 1.82) is 0 Å². The van der Waals surface area contributed by atoms with Gasteiger partial charge in [-0.1, -0.05) is 12.1 Å². The van der Waals surface area contributed by atoms with Crippen LogP contribution in [0.15, 0.2) is 41.2 Å². The lowest BCUT2D eigenvalue weighted by atomic mass is 10.2. The average Bonchev–Trinajstić information content (AvgIpc) is 2.41. The first kappa shape index (κ1) is 13.9. The zero-order valence-electron chi connectivity index (χ0n) is 10.7. The highest BCUT2D eigenvalue weighted by atomic mass is 19.1. The Balaban J connectivity index is 2.17. The summed E-state index contributed by atoms with van der Waals surface area (Å²) in [6, 6.07) is 7.69. The topological polar surface area (TPSA) is 51.1 Å². The maximum absolute atomic E-state index is 13.4. The van der Waals surface area contributed by atoms with Gasteiger partial charge in [-0.2, -0.15) is 0 Å². The second-order valence-corrected chi connectivity index (χ2v) is 4.19. The van der Waals surface area contributed by atoms with Gasteiger partial charge in [0.25, 0.3) is 11.5 Å². The monoisotopic (exact) mass is 278 g/mol. The van der Waals surface area contributed by atoms with Gasteiger partial charge < -0.3 is 9.88 Å². The highest BCUT2D eigenvalue weighted by molar-refractivity contribution is 5.92. The third kappa shape index (κ3) is 2.74. The summed E-state index contributed by atoms with van der Waals surface area (Å²) in [6.45, 7) is -0.291. The van der Waals surface area contributed by atoms with Crippen molar-refractivity contribution in [3.63, 3.8) is 0 Å². The van der Waals surface area contributed by atoms with Gasteiger partial charge in [0, 0.05) is 25.2 Å². The highest BCUT2D eigenvalue weighted by Gasteiger charge is 2.12. The smallest absolute Gasteiger partial charge is 0.268 e. The molecule has 4 nitrogen and oxygen atoms in total. The minimum absolute atomic E-state index is 0.120. The van der Waals surface area contributed by atoms with Crippen molar-refractivity contribution in [3.05, 3.63) is 69.6 Å². The van der Waals surface area contributed by atoms with E-state index in [0.717, 1.165) is 16.7 Å². The Bertz CT molecular complexity index is 690. The van der Waals surface area contributed by atoms with Crippen LogP contribution in [0.3, 0.4) is 0 Å².